The van der Waals surface area contributed by atoms with Crippen molar-refractivity contribution in [3.63, 3.8) is 0 Å². The van der Waals surface area contributed by atoms with Crippen molar-refractivity contribution in [2.45, 2.75) is 56.3 Å². The number of rotatable bonds is 2. The van der Waals surface area contributed by atoms with Gasteiger partial charge in [-0.3, -0.25) is 0 Å². The second kappa shape index (κ2) is 7.40. The molecule has 0 radical (unpaired) electrons. The van der Waals surface area contributed by atoms with Crippen molar-refractivity contribution in [1.82, 2.24) is 0 Å². The molecule has 1 aromatic rings. The van der Waals surface area contributed by atoms with Gasteiger partial charge in [-0.2, -0.15) is 0 Å². The quantitative estimate of drug-likeness (QED) is 0.360. The predicted molar refractivity (Wildman–Crippen MR) is 95.7 cm³/mol. The van der Waals surface area contributed by atoms with E-state index < -0.39 is 11.4 Å². The van der Waals surface area contributed by atoms with E-state index in [9.17, 15) is 4.79 Å². The minimum atomic E-state index is -0.907. The summed E-state index contributed by atoms with van der Waals surface area (Å²) in [5.74, 6) is -0.657. The van der Waals surface area contributed by atoms with Crippen molar-refractivity contribution in [3.05, 3.63) is 35.9 Å². The zero-order valence-electron chi connectivity index (χ0n) is 15.9. The third kappa shape index (κ3) is 3.42. The number of esters is 1. The van der Waals surface area contributed by atoms with Crippen LogP contribution in [-0.4, -0.2) is 43.4 Å². The van der Waals surface area contributed by atoms with E-state index in [0.29, 0.717) is 0 Å². The van der Waals surface area contributed by atoms with Crippen molar-refractivity contribution < 1.29 is 42.7 Å². The molecular formula is C21H30INO3. The number of halogens is 1. The van der Waals surface area contributed by atoms with E-state index in [4.69, 9.17) is 9.47 Å². The van der Waals surface area contributed by atoms with Crippen LogP contribution in [0.1, 0.15) is 50.5 Å². The van der Waals surface area contributed by atoms with Crippen molar-refractivity contribution in [1.29, 1.82) is 0 Å². The zero-order valence-corrected chi connectivity index (χ0v) is 18.0. The van der Waals surface area contributed by atoms with E-state index >= 15 is 0 Å². The molecule has 2 aliphatic heterocycles. The van der Waals surface area contributed by atoms with Gasteiger partial charge in [-0.25, -0.2) is 4.79 Å². The topological polar surface area (TPSA) is 35.5 Å². The predicted octanol–water partition coefficient (Wildman–Crippen LogP) is 0.606. The number of benzene rings is 1. The van der Waals surface area contributed by atoms with Gasteiger partial charge in [0.05, 0.1) is 40.0 Å². The van der Waals surface area contributed by atoms with Crippen LogP contribution in [0, 0.1) is 5.92 Å². The lowest BCUT2D eigenvalue weighted by Gasteiger charge is -2.42. The van der Waals surface area contributed by atoms with Crippen molar-refractivity contribution >= 4 is 5.97 Å². The average molecular weight is 471 g/mol. The first-order valence-electron chi connectivity index (χ1n) is 9.77. The Balaban J connectivity index is 0.00000196. The van der Waals surface area contributed by atoms with E-state index in [1.165, 1.54) is 19.3 Å². The molecule has 0 aromatic heterocycles. The smallest absolute Gasteiger partial charge is 0.346 e. The van der Waals surface area contributed by atoms with Crippen LogP contribution in [-0.2, 0) is 19.9 Å². The lowest BCUT2D eigenvalue weighted by atomic mass is 9.73. The Bertz CT molecular complexity index is 632. The highest BCUT2D eigenvalue weighted by molar-refractivity contribution is 5.84. The number of hydrogen-bond acceptors (Lipinski definition) is 3. The summed E-state index contributed by atoms with van der Waals surface area (Å²) in [6.07, 6.45) is 7.26. The zero-order chi connectivity index (χ0) is 17.5. The monoisotopic (exact) mass is 471 g/mol. The maximum absolute atomic E-state index is 13.3. The fraction of sp³-hybridized carbons (Fsp3) is 0.667. The van der Waals surface area contributed by atoms with Crippen molar-refractivity contribution in [3.8, 4) is 0 Å². The van der Waals surface area contributed by atoms with Crippen LogP contribution in [0.25, 0.3) is 0 Å². The van der Waals surface area contributed by atoms with Gasteiger partial charge in [0.25, 0.3) is 0 Å². The van der Waals surface area contributed by atoms with Gasteiger partial charge in [0, 0.05) is 5.92 Å². The fourth-order valence-electron chi connectivity index (χ4n) is 4.84. The third-order valence-electron chi connectivity index (χ3n) is 6.51. The van der Waals surface area contributed by atoms with Crippen LogP contribution < -0.4 is 24.0 Å². The molecule has 1 atom stereocenters. The molecule has 26 heavy (non-hydrogen) atoms. The molecule has 2 saturated heterocycles. The number of carbonyl (C=O) groups excluding carboxylic acids is 1. The molecule has 144 valence electrons. The first-order valence-corrected chi connectivity index (χ1v) is 9.77. The summed E-state index contributed by atoms with van der Waals surface area (Å²) in [6.45, 7) is 1.95. The molecule has 3 aliphatic rings. The molecule has 4 nitrogen and oxygen atoms in total. The Morgan fingerprint density at radius 1 is 1.00 bits per heavy atom. The average Bonchev–Trinajstić information content (AvgIpc) is 2.93. The Morgan fingerprint density at radius 3 is 2.23 bits per heavy atom. The maximum atomic E-state index is 13.3. The van der Waals surface area contributed by atoms with Gasteiger partial charge >= 0.3 is 5.97 Å². The summed E-state index contributed by atoms with van der Waals surface area (Å²) >= 11 is 0. The van der Waals surface area contributed by atoms with Gasteiger partial charge in [-0.15, -0.1) is 0 Å². The lowest BCUT2D eigenvalue weighted by Crippen LogP contribution is -3.00. The van der Waals surface area contributed by atoms with Crippen LogP contribution in [0.15, 0.2) is 30.3 Å². The van der Waals surface area contributed by atoms with E-state index in [-0.39, 0.29) is 35.9 Å². The van der Waals surface area contributed by atoms with Gasteiger partial charge in [-0.1, -0.05) is 49.6 Å². The second-order valence-corrected chi connectivity index (χ2v) is 8.72. The normalized spacial score (nSPS) is 30.6. The molecule has 5 heteroatoms. The number of piperidine rings is 1. The van der Waals surface area contributed by atoms with Gasteiger partial charge in [0.1, 0.15) is 0 Å². The lowest BCUT2D eigenvalue weighted by molar-refractivity contribution is -0.898. The van der Waals surface area contributed by atoms with Crippen LogP contribution in [0.4, 0.5) is 0 Å². The van der Waals surface area contributed by atoms with Crippen molar-refractivity contribution in [2.24, 2.45) is 5.92 Å². The molecule has 1 spiro atoms. The van der Waals surface area contributed by atoms with Gasteiger partial charge in [0.2, 0.25) is 5.79 Å². The number of ether oxygens (including phenoxy) is 2. The molecule has 0 amide bonds. The highest BCUT2D eigenvalue weighted by Crippen LogP contribution is 2.52. The number of carbonyl (C=O) groups is 1. The highest BCUT2D eigenvalue weighted by atomic mass is 127. The van der Waals surface area contributed by atoms with E-state index in [1.54, 1.807) is 0 Å². The highest BCUT2D eigenvalue weighted by Gasteiger charge is 2.63. The Morgan fingerprint density at radius 2 is 1.62 bits per heavy atom. The van der Waals surface area contributed by atoms with Crippen LogP contribution in [0.5, 0.6) is 0 Å². The Labute approximate surface area is 173 Å². The standard InChI is InChI=1S/C21H30NO3.HI/c1-22(2)15-13-20(14-16-22)24-19(23)21(25-20,17-9-5-3-6-10-17)18-11-7-4-8-12-18;/h3,5-6,9-10,18H,4,7-8,11-16H2,1-2H3;1H/q+1;/p-1. The molecule has 0 bridgehead atoms. The van der Waals surface area contributed by atoms with Gasteiger partial charge < -0.3 is 37.9 Å². The summed E-state index contributed by atoms with van der Waals surface area (Å²) < 4.78 is 13.7. The maximum Gasteiger partial charge on any atom is 0.346 e. The minimum absolute atomic E-state index is 0. The number of likely N-dealkylation sites (tertiary alicyclic amines) is 1. The van der Waals surface area contributed by atoms with Crippen LogP contribution in [0.2, 0.25) is 0 Å². The largest absolute Gasteiger partial charge is 1.00 e. The van der Waals surface area contributed by atoms with E-state index in [2.05, 4.69) is 14.1 Å². The molecular weight excluding hydrogens is 441 g/mol. The molecule has 1 aliphatic carbocycles. The first kappa shape index (κ1) is 20.1. The summed E-state index contributed by atoms with van der Waals surface area (Å²) in [7, 11) is 4.46. The van der Waals surface area contributed by atoms with Crippen molar-refractivity contribution in [2.75, 3.05) is 27.2 Å². The SMILES string of the molecule is C[N+]1(C)CCC2(CC1)OC(=O)C(c1ccccc1)(C1CCCCC1)O2.[I-]. The molecule has 1 aromatic carbocycles. The van der Waals surface area contributed by atoms with E-state index in [0.717, 1.165) is 48.8 Å². The Kier molecular flexibility index (Phi) is 5.71. The molecule has 0 N–H and O–H groups in total. The fourth-order valence-corrected chi connectivity index (χ4v) is 4.84. The van der Waals surface area contributed by atoms with Crippen LogP contribution in [0.3, 0.4) is 0 Å². The first-order chi connectivity index (χ1) is 12.0. The molecule has 1 unspecified atom stereocenters. The molecule has 1 saturated carbocycles. The summed E-state index contributed by atoms with van der Waals surface area (Å²) in [6, 6.07) is 10.1. The second-order valence-electron chi connectivity index (χ2n) is 8.72. The molecule has 4 rings (SSSR count). The number of quaternary nitrogens is 1. The minimum Gasteiger partial charge on any atom is -1.00 e. The van der Waals surface area contributed by atoms with E-state index in [1.807, 2.05) is 30.3 Å². The third-order valence-corrected chi connectivity index (χ3v) is 6.51. The molecule has 3 fully saturated rings. The number of nitrogens with zero attached hydrogens (tertiary/aromatic N) is 1. The van der Waals surface area contributed by atoms with Crippen LogP contribution >= 0.6 is 0 Å². The summed E-state index contributed by atoms with van der Waals surface area (Å²) in [4.78, 5) is 13.3. The Hall–Kier alpha value is -0.660. The molecule has 2 heterocycles. The number of hydrogen-bond donors (Lipinski definition) is 0. The van der Waals surface area contributed by atoms with Gasteiger partial charge in [-0.05, 0) is 18.4 Å². The summed E-state index contributed by atoms with van der Waals surface area (Å²) in [5.41, 5.74) is 0.0685. The summed E-state index contributed by atoms with van der Waals surface area (Å²) in [5, 5.41) is 0. The van der Waals surface area contributed by atoms with Gasteiger partial charge in [0.15, 0.2) is 5.60 Å².